The minimum atomic E-state index is 0.00604. The Morgan fingerprint density at radius 1 is 1.26 bits per heavy atom. The molecule has 23 heavy (non-hydrogen) atoms. The van der Waals surface area contributed by atoms with Gasteiger partial charge in [0.25, 0.3) is 0 Å². The van der Waals surface area contributed by atoms with Crippen LogP contribution in [0.4, 0.5) is 0 Å². The fraction of sp³-hybridized carbons (Fsp3) is 0.333. The Labute approximate surface area is 135 Å². The lowest BCUT2D eigenvalue weighted by molar-refractivity contribution is -0.129. The summed E-state index contributed by atoms with van der Waals surface area (Å²) in [6, 6.07) is 13.2. The third-order valence-electron chi connectivity index (χ3n) is 3.96. The molecule has 0 unspecified atom stereocenters. The second-order valence-corrected chi connectivity index (χ2v) is 5.52. The number of hydrogen-bond acceptors (Lipinski definition) is 4. The molecule has 2 aromatic rings. The lowest BCUT2D eigenvalue weighted by Gasteiger charge is -2.17. The van der Waals surface area contributed by atoms with Crippen molar-refractivity contribution in [3.8, 4) is 11.6 Å². The topological polar surface area (TPSA) is 51.7 Å². The Kier molecular flexibility index (Phi) is 4.76. The summed E-state index contributed by atoms with van der Waals surface area (Å²) < 4.78 is 11.1. The number of hydrogen-bond donors (Lipinski definition) is 0. The van der Waals surface area contributed by atoms with E-state index in [9.17, 15) is 4.79 Å². The number of amides is 1. The SMILES string of the molecule is COc1ccccc1CC(=O)N1CC[C@@H](Oc2ccccn2)C1. The average molecular weight is 312 g/mol. The van der Waals surface area contributed by atoms with Crippen LogP contribution in [0.15, 0.2) is 48.7 Å². The highest BCUT2D eigenvalue weighted by molar-refractivity contribution is 5.79. The maximum atomic E-state index is 12.5. The van der Waals surface area contributed by atoms with Crippen molar-refractivity contribution >= 4 is 5.91 Å². The zero-order valence-corrected chi connectivity index (χ0v) is 13.1. The lowest BCUT2D eigenvalue weighted by atomic mass is 10.1. The third-order valence-corrected chi connectivity index (χ3v) is 3.96. The van der Waals surface area contributed by atoms with E-state index in [0.717, 1.165) is 17.7 Å². The van der Waals surface area contributed by atoms with Gasteiger partial charge in [0.2, 0.25) is 11.8 Å². The number of benzene rings is 1. The van der Waals surface area contributed by atoms with Crippen molar-refractivity contribution in [3.63, 3.8) is 0 Å². The molecule has 1 saturated heterocycles. The van der Waals surface area contributed by atoms with Crippen molar-refractivity contribution in [1.82, 2.24) is 9.88 Å². The molecular formula is C18H20N2O3. The number of rotatable bonds is 5. The predicted octanol–water partition coefficient (Wildman–Crippen LogP) is 2.31. The summed E-state index contributed by atoms with van der Waals surface area (Å²) in [6.07, 6.45) is 2.88. The van der Waals surface area contributed by atoms with Crippen LogP contribution in [0.25, 0.3) is 0 Å². The fourth-order valence-corrected chi connectivity index (χ4v) is 2.76. The van der Waals surface area contributed by atoms with Crippen LogP contribution in [0.5, 0.6) is 11.6 Å². The summed E-state index contributed by atoms with van der Waals surface area (Å²) in [5.41, 5.74) is 0.911. The molecule has 5 nitrogen and oxygen atoms in total. The maximum absolute atomic E-state index is 12.5. The Hall–Kier alpha value is -2.56. The molecule has 1 atom stereocenters. The first kappa shape index (κ1) is 15.3. The first-order valence-electron chi connectivity index (χ1n) is 7.73. The van der Waals surface area contributed by atoms with Gasteiger partial charge in [0, 0.05) is 30.8 Å². The van der Waals surface area contributed by atoms with Gasteiger partial charge in [-0.25, -0.2) is 4.98 Å². The molecule has 0 spiro atoms. The van der Waals surface area contributed by atoms with Crippen LogP contribution in [0.3, 0.4) is 0 Å². The summed E-state index contributed by atoms with van der Waals surface area (Å²) >= 11 is 0. The first-order valence-corrected chi connectivity index (χ1v) is 7.73. The minimum Gasteiger partial charge on any atom is -0.496 e. The van der Waals surface area contributed by atoms with Crippen LogP contribution in [-0.2, 0) is 11.2 Å². The van der Waals surface area contributed by atoms with Gasteiger partial charge in [0.05, 0.1) is 20.1 Å². The fourth-order valence-electron chi connectivity index (χ4n) is 2.76. The lowest BCUT2D eigenvalue weighted by Crippen LogP contribution is -2.32. The van der Waals surface area contributed by atoms with Crippen LogP contribution < -0.4 is 9.47 Å². The van der Waals surface area contributed by atoms with Gasteiger partial charge in [0.1, 0.15) is 11.9 Å². The van der Waals surface area contributed by atoms with Crippen molar-refractivity contribution in [1.29, 1.82) is 0 Å². The Balaban J connectivity index is 1.57. The van der Waals surface area contributed by atoms with E-state index < -0.39 is 0 Å². The van der Waals surface area contributed by atoms with Gasteiger partial charge in [-0.1, -0.05) is 24.3 Å². The van der Waals surface area contributed by atoms with E-state index in [1.807, 2.05) is 47.4 Å². The number of likely N-dealkylation sites (tertiary alicyclic amines) is 1. The van der Waals surface area contributed by atoms with E-state index >= 15 is 0 Å². The smallest absolute Gasteiger partial charge is 0.227 e. The van der Waals surface area contributed by atoms with Gasteiger partial charge >= 0.3 is 0 Å². The summed E-state index contributed by atoms with van der Waals surface area (Å²) in [6.45, 7) is 1.32. The number of aromatic nitrogens is 1. The molecule has 5 heteroatoms. The number of methoxy groups -OCH3 is 1. The van der Waals surface area contributed by atoms with Crippen molar-refractivity contribution in [3.05, 3.63) is 54.2 Å². The Morgan fingerprint density at radius 2 is 2.09 bits per heavy atom. The molecule has 0 bridgehead atoms. The molecule has 1 aliphatic heterocycles. The summed E-state index contributed by atoms with van der Waals surface area (Å²) in [7, 11) is 1.62. The number of ether oxygens (including phenoxy) is 2. The van der Waals surface area contributed by atoms with E-state index in [1.165, 1.54) is 0 Å². The molecule has 1 aliphatic rings. The molecule has 0 radical (unpaired) electrons. The van der Waals surface area contributed by atoms with Crippen molar-refractivity contribution in [2.24, 2.45) is 0 Å². The summed E-state index contributed by atoms with van der Waals surface area (Å²) in [4.78, 5) is 18.5. The van der Waals surface area contributed by atoms with Crippen LogP contribution >= 0.6 is 0 Å². The summed E-state index contributed by atoms with van der Waals surface area (Å²) in [5, 5.41) is 0. The average Bonchev–Trinajstić information content (AvgIpc) is 3.05. The Bertz CT molecular complexity index is 660. The van der Waals surface area contributed by atoms with E-state index in [-0.39, 0.29) is 12.0 Å². The van der Waals surface area contributed by atoms with Gasteiger partial charge in [-0.05, 0) is 12.1 Å². The Morgan fingerprint density at radius 3 is 2.87 bits per heavy atom. The molecule has 1 aromatic heterocycles. The molecule has 0 saturated carbocycles. The van der Waals surface area contributed by atoms with Crippen LogP contribution in [-0.4, -0.2) is 42.1 Å². The molecule has 0 aliphatic carbocycles. The predicted molar refractivity (Wildman–Crippen MR) is 86.5 cm³/mol. The van der Waals surface area contributed by atoms with Gasteiger partial charge in [-0.3, -0.25) is 4.79 Å². The number of carbonyl (C=O) groups excluding carboxylic acids is 1. The van der Waals surface area contributed by atoms with E-state index in [4.69, 9.17) is 9.47 Å². The largest absolute Gasteiger partial charge is 0.496 e. The second kappa shape index (κ2) is 7.13. The number of nitrogens with zero attached hydrogens (tertiary/aromatic N) is 2. The number of carbonyl (C=O) groups is 1. The van der Waals surface area contributed by atoms with Crippen LogP contribution in [0, 0.1) is 0 Å². The van der Waals surface area contributed by atoms with Crippen molar-refractivity contribution in [2.45, 2.75) is 18.9 Å². The second-order valence-electron chi connectivity index (χ2n) is 5.52. The van der Waals surface area contributed by atoms with Crippen molar-refractivity contribution < 1.29 is 14.3 Å². The normalized spacial score (nSPS) is 17.1. The molecule has 1 aromatic carbocycles. The van der Waals surface area contributed by atoms with Crippen molar-refractivity contribution in [2.75, 3.05) is 20.2 Å². The highest BCUT2D eigenvalue weighted by Gasteiger charge is 2.28. The number of pyridine rings is 1. The quantitative estimate of drug-likeness (QED) is 0.850. The zero-order valence-electron chi connectivity index (χ0n) is 13.1. The molecular weight excluding hydrogens is 292 g/mol. The molecule has 1 amide bonds. The first-order chi connectivity index (χ1) is 11.3. The maximum Gasteiger partial charge on any atom is 0.227 e. The minimum absolute atomic E-state index is 0.00604. The summed E-state index contributed by atoms with van der Waals surface area (Å²) in [5.74, 6) is 1.46. The molecule has 120 valence electrons. The van der Waals surface area contributed by atoms with E-state index in [1.54, 1.807) is 13.3 Å². The van der Waals surface area contributed by atoms with E-state index in [2.05, 4.69) is 4.98 Å². The van der Waals surface area contributed by atoms with Gasteiger partial charge in [-0.15, -0.1) is 0 Å². The van der Waals surface area contributed by atoms with Gasteiger partial charge < -0.3 is 14.4 Å². The highest BCUT2D eigenvalue weighted by Crippen LogP contribution is 2.21. The molecule has 0 N–H and O–H groups in total. The van der Waals surface area contributed by atoms with Crippen LogP contribution in [0.2, 0.25) is 0 Å². The standard InChI is InChI=1S/C18H20N2O3/c1-22-16-7-3-2-6-14(16)12-18(21)20-11-9-15(13-20)23-17-8-4-5-10-19-17/h2-8,10,15H,9,11-13H2,1H3/t15-/m1/s1. The van der Waals surface area contributed by atoms with Gasteiger partial charge in [0.15, 0.2) is 0 Å². The van der Waals surface area contributed by atoms with Crippen LogP contribution in [0.1, 0.15) is 12.0 Å². The van der Waals surface area contributed by atoms with Gasteiger partial charge in [-0.2, -0.15) is 0 Å². The molecule has 1 fully saturated rings. The molecule has 2 heterocycles. The monoisotopic (exact) mass is 312 g/mol. The highest BCUT2D eigenvalue weighted by atomic mass is 16.5. The van der Waals surface area contributed by atoms with E-state index in [0.29, 0.717) is 25.4 Å². The third kappa shape index (κ3) is 3.80. The molecule has 3 rings (SSSR count). The number of para-hydroxylation sites is 1. The zero-order chi connectivity index (χ0) is 16.1.